The number of imidazole rings is 1. The van der Waals surface area contributed by atoms with Crippen LogP contribution in [0.25, 0.3) is 0 Å². The predicted molar refractivity (Wildman–Crippen MR) is 105 cm³/mol. The molecule has 7 heteroatoms. The van der Waals surface area contributed by atoms with E-state index in [1.807, 2.05) is 66.5 Å². The highest BCUT2D eigenvalue weighted by Gasteiger charge is 2.23. The zero-order valence-corrected chi connectivity index (χ0v) is 16.8. The second-order valence-electron chi connectivity index (χ2n) is 7.31. The first-order valence-electron chi connectivity index (χ1n) is 9.44. The molecule has 0 fully saturated rings. The Labute approximate surface area is 164 Å². The molecular weight excluding hydrogens is 354 g/mol. The maximum Gasteiger partial charge on any atom is 0.254 e. The van der Waals surface area contributed by atoms with E-state index in [0.29, 0.717) is 25.3 Å². The fourth-order valence-corrected chi connectivity index (χ4v) is 3.66. The molecule has 1 aromatic carbocycles. The van der Waals surface area contributed by atoms with Crippen molar-refractivity contribution in [3.63, 3.8) is 0 Å². The van der Waals surface area contributed by atoms with E-state index in [2.05, 4.69) is 10.1 Å². The Morgan fingerprint density at radius 2 is 2.07 bits per heavy atom. The number of nitrogens with zero attached hydrogens (tertiary/aromatic N) is 5. The van der Waals surface area contributed by atoms with Crippen LogP contribution in [0.15, 0.2) is 30.6 Å². The lowest BCUT2D eigenvalue weighted by molar-refractivity contribution is 0.0723. The van der Waals surface area contributed by atoms with Gasteiger partial charge in [-0.25, -0.2) is 4.98 Å². The molecule has 0 bridgehead atoms. The lowest BCUT2D eigenvalue weighted by Gasteiger charge is -2.23. The van der Waals surface area contributed by atoms with Gasteiger partial charge in [-0.05, 0) is 37.6 Å². The van der Waals surface area contributed by atoms with E-state index in [1.54, 1.807) is 6.20 Å². The number of aryl methyl sites for hydroxylation is 3. The zero-order chi connectivity index (χ0) is 19.8. The molecule has 2 aromatic heterocycles. The molecule has 0 saturated heterocycles. The van der Waals surface area contributed by atoms with E-state index >= 15 is 0 Å². The van der Waals surface area contributed by atoms with E-state index in [4.69, 9.17) is 4.74 Å². The molecule has 3 heterocycles. The van der Waals surface area contributed by atoms with Crippen LogP contribution in [0.1, 0.15) is 38.7 Å². The molecule has 1 aliphatic rings. The standard InChI is InChI=1S/C21H25N5O2/c1-14-18(15(2)25(4)23-14)12-26(13-20-22-8-9-24(20)3)21(27)17-5-6-19-16(11-17)7-10-28-19/h5-6,8-9,11H,7,10,12-13H2,1-4H3. The minimum absolute atomic E-state index is 0.0136. The Morgan fingerprint density at radius 3 is 2.75 bits per heavy atom. The van der Waals surface area contributed by atoms with Gasteiger partial charge in [0.05, 0.1) is 25.4 Å². The first kappa shape index (κ1) is 18.3. The topological polar surface area (TPSA) is 65.2 Å². The van der Waals surface area contributed by atoms with Gasteiger partial charge in [-0.2, -0.15) is 5.10 Å². The lowest BCUT2D eigenvalue weighted by atomic mass is 10.1. The maximum atomic E-state index is 13.4. The third-order valence-electron chi connectivity index (χ3n) is 5.48. The first-order chi connectivity index (χ1) is 13.4. The van der Waals surface area contributed by atoms with Crippen LogP contribution in [0, 0.1) is 13.8 Å². The van der Waals surface area contributed by atoms with E-state index in [0.717, 1.165) is 40.5 Å². The number of amides is 1. The Hall–Kier alpha value is -3.09. The molecule has 146 valence electrons. The monoisotopic (exact) mass is 379 g/mol. The molecule has 28 heavy (non-hydrogen) atoms. The summed E-state index contributed by atoms with van der Waals surface area (Å²) >= 11 is 0. The van der Waals surface area contributed by atoms with Gasteiger partial charge < -0.3 is 14.2 Å². The van der Waals surface area contributed by atoms with Crippen LogP contribution in [-0.4, -0.2) is 36.7 Å². The van der Waals surface area contributed by atoms with Crippen molar-refractivity contribution < 1.29 is 9.53 Å². The van der Waals surface area contributed by atoms with Crippen molar-refractivity contribution >= 4 is 5.91 Å². The Morgan fingerprint density at radius 1 is 1.25 bits per heavy atom. The lowest BCUT2D eigenvalue weighted by Crippen LogP contribution is -2.31. The van der Waals surface area contributed by atoms with Gasteiger partial charge in [0.15, 0.2) is 0 Å². The highest BCUT2D eigenvalue weighted by atomic mass is 16.5. The number of ether oxygens (including phenoxy) is 1. The fourth-order valence-electron chi connectivity index (χ4n) is 3.66. The molecule has 0 atom stereocenters. The first-order valence-corrected chi connectivity index (χ1v) is 9.44. The number of carbonyl (C=O) groups excluding carboxylic acids is 1. The number of aromatic nitrogens is 4. The fraction of sp³-hybridized carbons (Fsp3) is 0.381. The Kier molecular flexibility index (Phi) is 4.66. The van der Waals surface area contributed by atoms with Crippen LogP contribution in [-0.2, 0) is 33.6 Å². The number of carbonyl (C=O) groups is 1. The number of rotatable bonds is 5. The molecule has 4 rings (SSSR count). The molecule has 1 aliphatic heterocycles. The smallest absolute Gasteiger partial charge is 0.254 e. The van der Waals surface area contributed by atoms with E-state index in [-0.39, 0.29) is 5.91 Å². The third-order valence-corrected chi connectivity index (χ3v) is 5.48. The molecule has 0 unspecified atom stereocenters. The predicted octanol–water partition coefficient (Wildman–Crippen LogP) is 2.55. The minimum atomic E-state index is -0.0136. The van der Waals surface area contributed by atoms with Crippen LogP contribution in [0.4, 0.5) is 0 Å². The van der Waals surface area contributed by atoms with Crippen molar-refractivity contribution in [2.75, 3.05) is 6.61 Å². The van der Waals surface area contributed by atoms with Crippen molar-refractivity contribution in [2.24, 2.45) is 14.1 Å². The van der Waals surface area contributed by atoms with E-state index < -0.39 is 0 Å². The van der Waals surface area contributed by atoms with Crippen LogP contribution >= 0.6 is 0 Å². The number of hydrogen-bond donors (Lipinski definition) is 0. The Bertz CT molecular complexity index is 1030. The van der Waals surface area contributed by atoms with Gasteiger partial charge in [0.1, 0.15) is 11.6 Å². The second-order valence-corrected chi connectivity index (χ2v) is 7.31. The minimum Gasteiger partial charge on any atom is -0.493 e. The second kappa shape index (κ2) is 7.14. The summed E-state index contributed by atoms with van der Waals surface area (Å²) in [6.45, 7) is 5.62. The van der Waals surface area contributed by atoms with E-state index in [1.165, 1.54) is 0 Å². The summed E-state index contributed by atoms with van der Waals surface area (Å²) in [4.78, 5) is 19.7. The quantitative estimate of drug-likeness (QED) is 0.683. The van der Waals surface area contributed by atoms with E-state index in [9.17, 15) is 4.79 Å². The largest absolute Gasteiger partial charge is 0.493 e. The molecule has 7 nitrogen and oxygen atoms in total. The van der Waals surface area contributed by atoms with Crippen molar-refractivity contribution in [3.05, 3.63) is 64.5 Å². The molecule has 0 saturated carbocycles. The average Bonchev–Trinajstić information content (AvgIpc) is 3.36. The number of benzene rings is 1. The van der Waals surface area contributed by atoms with Gasteiger partial charge in [-0.15, -0.1) is 0 Å². The van der Waals surface area contributed by atoms with Crippen LogP contribution in [0.3, 0.4) is 0 Å². The van der Waals surface area contributed by atoms with Crippen molar-refractivity contribution in [1.82, 2.24) is 24.2 Å². The summed E-state index contributed by atoms with van der Waals surface area (Å²) in [6, 6.07) is 5.70. The highest BCUT2D eigenvalue weighted by molar-refractivity contribution is 5.94. The summed E-state index contributed by atoms with van der Waals surface area (Å²) in [5.41, 5.74) is 4.86. The summed E-state index contributed by atoms with van der Waals surface area (Å²) in [5.74, 6) is 1.71. The van der Waals surface area contributed by atoms with Crippen molar-refractivity contribution in [2.45, 2.75) is 33.4 Å². The Balaban J connectivity index is 1.67. The summed E-state index contributed by atoms with van der Waals surface area (Å²) in [6.07, 6.45) is 4.49. The number of hydrogen-bond acceptors (Lipinski definition) is 4. The maximum absolute atomic E-state index is 13.4. The molecule has 1 amide bonds. The van der Waals surface area contributed by atoms with Crippen molar-refractivity contribution in [1.29, 1.82) is 0 Å². The summed E-state index contributed by atoms with van der Waals surface area (Å²) in [7, 11) is 3.87. The van der Waals surface area contributed by atoms with Gasteiger partial charge in [0.2, 0.25) is 0 Å². The molecule has 0 N–H and O–H groups in total. The molecule has 0 spiro atoms. The van der Waals surface area contributed by atoms with Gasteiger partial charge in [-0.3, -0.25) is 9.48 Å². The zero-order valence-electron chi connectivity index (χ0n) is 16.8. The van der Waals surface area contributed by atoms with Gasteiger partial charge in [0, 0.05) is 49.7 Å². The summed E-state index contributed by atoms with van der Waals surface area (Å²) < 4.78 is 9.38. The normalized spacial score (nSPS) is 12.7. The number of fused-ring (bicyclic) bond motifs is 1. The van der Waals surface area contributed by atoms with Gasteiger partial charge in [-0.1, -0.05) is 0 Å². The van der Waals surface area contributed by atoms with Gasteiger partial charge >= 0.3 is 0 Å². The van der Waals surface area contributed by atoms with Gasteiger partial charge in [0.25, 0.3) is 5.91 Å². The van der Waals surface area contributed by atoms with Crippen LogP contribution in [0.5, 0.6) is 5.75 Å². The summed E-state index contributed by atoms with van der Waals surface area (Å²) in [5, 5.41) is 4.50. The van der Waals surface area contributed by atoms with Crippen LogP contribution in [0.2, 0.25) is 0 Å². The van der Waals surface area contributed by atoms with Crippen LogP contribution < -0.4 is 4.74 Å². The molecular formula is C21H25N5O2. The average molecular weight is 379 g/mol. The molecule has 3 aromatic rings. The third kappa shape index (κ3) is 3.28. The van der Waals surface area contributed by atoms with Crippen molar-refractivity contribution in [3.8, 4) is 5.75 Å². The SMILES string of the molecule is Cc1nn(C)c(C)c1CN(Cc1nccn1C)C(=O)c1ccc2c(c1)CCO2. The highest BCUT2D eigenvalue weighted by Crippen LogP contribution is 2.27. The molecule has 0 aliphatic carbocycles. The molecule has 0 radical (unpaired) electrons.